The number of pyridine rings is 1. The number of rotatable bonds is 6. The van der Waals surface area contributed by atoms with Gasteiger partial charge in [-0.3, -0.25) is 4.98 Å². The molecule has 1 aromatic heterocycles. The Kier molecular flexibility index (Phi) is 5.75. The Morgan fingerprint density at radius 1 is 1.13 bits per heavy atom. The Labute approximate surface area is 138 Å². The van der Waals surface area contributed by atoms with Crippen LogP contribution >= 0.6 is 0 Å². The van der Waals surface area contributed by atoms with Crippen molar-refractivity contribution in [2.45, 2.75) is 52.4 Å². The van der Waals surface area contributed by atoms with Gasteiger partial charge >= 0.3 is 0 Å². The Balaban J connectivity index is 2.46. The van der Waals surface area contributed by atoms with Crippen molar-refractivity contribution in [3.05, 3.63) is 47.5 Å². The van der Waals surface area contributed by atoms with Crippen LogP contribution in [0.2, 0.25) is 0 Å². The molecule has 0 saturated heterocycles. The van der Waals surface area contributed by atoms with Crippen molar-refractivity contribution < 1.29 is 9.13 Å². The highest BCUT2D eigenvalue weighted by Crippen LogP contribution is 2.35. The minimum absolute atomic E-state index is 0.122. The van der Waals surface area contributed by atoms with Crippen molar-refractivity contribution >= 4 is 0 Å². The fourth-order valence-corrected chi connectivity index (χ4v) is 2.92. The van der Waals surface area contributed by atoms with E-state index in [4.69, 9.17) is 4.74 Å². The second kappa shape index (κ2) is 7.58. The minimum atomic E-state index is -0.220. The number of methoxy groups -OCH3 is 1. The maximum absolute atomic E-state index is 14.1. The highest BCUT2D eigenvalue weighted by Gasteiger charge is 2.15. The summed E-state index contributed by atoms with van der Waals surface area (Å²) >= 11 is 0. The summed E-state index contributed by atoms with van der Waals surface area (Å²) < 4.78 is 19.5. The molecule has 0 aliphatic heterocycles. The van der Waals surface area contributed by atoms with Gasteiger partial charge in [-0.15, -0.1) is 0 Å². The molecule has 0 spiro atoms. The van der Waals surface area contributed by atoms with E-state index >= 15 is 0 Å². The molecule has 0 amide bonds. The number of nitrogens with zero attached hydrogens (tertiary/aromatic N) is 1. The smallest absolute Gasteiger partial charge is 0.130 e. The average Bonchev–Trinajstić information content (AvgIpc) is 2.56. The lowest BCUT2D eigenvalue weighted by Crippen LogP contribution is -2.00. The molecule has 0 aliphatic carbocycles. The molecule has 3 heteroatoms. The average molecular weight is 315 g/mol. The van der Waals surface area contributed by atoms with Gasteiger partial charge in [-0.05, 0) is 36.5 Å². The third kappa shape index (κ3) is 3.72. The van der Waals surface area contributed by atoms with Crippen molar-refractivity contribution in [3.8, 4) is 16.9 Å². The molecular formula is C20H26FNO. The maximum Gasteiger partial charge on any atom is 0.130 e. The normalized spacial score (nSPS) is 11.3. The lowest BCUT2D eigenvalue weighted by molar-refractivity contribution is 0.412. The first-order chi connectivity index (χ1) is 11.0. The van der Waals surface area contributed by atoms with Crippen LogP contribution in [0.5, 0.6) is 5.75 Å². The van der Waals surface area contributed by atoms with Gasteiger partial charge in [0, 0.05) is 35.0 Å². The molecule has 0 unspecified atom stereocenters. The molecule has 2 nitrogen and oxygen atoms in total. The van der Waals surface area contributed by atoms with Gasteiger partial charge in [0.25, 0.3) is 0 Å². The van der Waals surface area contributed by atoms with E-state index in [0.29, 0.717) is 17.2 Å². The molecule has 0 fully saturated rings. The molecule has 0 radical (unpaired) electrons. The molecule has 124 valence electrons. The molecule has 0 bridgehead atoms. The molecular weight excluding hydrogens is 289 g/mol. The largest absolute Gasteiger partial charge is 0.496 e. The molecule has 0 atom stereocenters. The highest BCUT2D eigenvalue weighted by atomic mass is 19.1. The first-order valence-electron chi connectivity index (χ1n) is 8.35. The Hall–Kier alpha value is -1.90. The number of hydrogen-bond acceptors (Lipinski definition) is 2. The van der Waals surface area contributed by atoms with Gasteiger partial charge in [-0.2, -0.15) is 0 Å². The predicted molar refractivity (Wildman–Crippen MR) is 93.6 cm³/mol. The topological polar surface area (TPSA) is 22.1 Å². The van der Waals surface area contributed by atoms with Gasteiger partial charge in [0.1, 0.15) is 11.6 Å². The number of aromatic nitrogens is 1. The maximum atomic E-state index is 14.1. The summed E-state index contributed by atoms with van der Waals surface area (Å²) in [7, 11) is 1.57. The third-order valence-corrected chi connectivity index (χ3v) is 4.44. The number of hydrogen-bond donors (Lipinski definition) is 0. The van der Waals surface area contributed by atoms with E-state index in [9.17, 15) is 4.39 Å². The van der Waals surface area contributed by atoms with Crippen molar-refractivity contribution in [1.29, 1.82) is 0 Å². The first-order valence-corrected chi connectivity index (χ1v) is 8.35. The van der Waals surface area contributed by atoms with Crippen LogP contribution in [0.3, 0.4) is 0 Å². The summed E-state index contributed by atoms with van der Waals surface area (Å²) in [5.74, 6) is 0.938. The van der Waals surface area contributed by atoms with Crippen LogP contribution in [0, 0.1) is 5.82 Å². The van der Waals surface area contributed by atoms with Gasteiger partial charge in [-0.25, -0.2) is 4.39 Å². The number of benzene rings is 1. The Bertz CT molecular complexity index is 645. The summed E-state index contributed by atoms with van der Waals surface area (Å²) in [5.41, 5.74) is 3.66. The molecule has 23 heavy (non-hydrogen) atoms. The van der Waals surface area contributed by atoms with Crippen molar-refractivity contribution in [1.82, 2.24) is 4.98 Å². The summed E-state index contributed by atoms with van der Waals surface area (Å²) in [5, 5.41) is 0. The first kappa shape index (κ1) is 17.5. The standard InChI is InChI=1S/C20H26FNO/c1-6-14(7-2)19-9-8-15(12-22-19)17-10-16(13(3)4)18(21)11-20(17)23-5/h8-14H,6-7H2,1-5H3. The summed E-state index contributed by atoms with van der Waals surface area (Å²) in [6.45, 7) is 8.34. The Morgan fingerprint density at radius 2 is 1.83 bits per heavy atom. The van der Waals surface area contributed by atoms with Crippen LogP contribution in [0.15, 0.2) is 30.5 Å². The lowest BCUT2D eigenvalue weighted by Gasteiger charge is -2.15. The molecule has 0 aliphatic rings. The van der Waals surface area contributed by atoms with Crippen LogP contribution < -0.4 is 4.74 Å². The van der Waals surface area contributed by atoms with Crippen molar-refractivity contribution in [2.75, 3.05) is 7.11 Å². The zero-order valence-corrected chi connectivity index (χ0v) is 14.7. The van der Waals surface area contributed by atoms with E-state index in [2.05, 4.69) is 31.0 Å². The fraction of sp³-hybridized carbons (Fsp3) is 0.450. The molecule has 1 aromatic carbocycles. The van der Waals surface area contributed by atoms with Gasteiger partial charge < -0.3 is 4.74 Å². The summed E-state index contributed by atoms with van der Waals surface area (Å²) in [6.07, 6.45) is 4.04. The number of ether oxygens (including phenoxy) is 1. The van der Waals surface area contributed by atoms with E-state index in [1.807, 2.05) is 26.1 Å². The third-order valence-electron chi connectivity index (χ3n) is 4.44. The monoisotopic (exact) mass is 315 g/mol. The summed E-state index contributed by atoms with van der Waals surface area (Å²) in [4.78, 5) is 4.62. The molecule has 1 heterocycles. The summed E-state index contributed by atoms with van der Waals surface area (Å²) in [6, 6.07) is 7.48. The molecule has 2 rings (SSSR count). The van der Waals surface area contributed by atoms with E-state index < -0.39 is 0 Å². The van der Waals surface area contributed by atoms with E-state index in [1.165, 1.54) is 6.07 Å². The van der Waals surface area contributed by atoms with Gasteiger partial charge in [-0.1, -0.05) is 33.8 Å². The molecule has 0 N–H and O–H groups in total. The molecule has 0 saturated carbocycles. The molecule has 2 aromatic rings. The predicted octanol–water partition coefficient (Wildman–Crippen LogP) is 5.92. The van der Waals surface area contributed by atoms with Crippen LogP contribution in [0.4, 0.5) is 4.39 Å². The van der Waals surface area contributed by atoms with Gasteiger partial charge in [0.15, 0.2) is 0 Å². The second-order valence-corrected chi connectivity index (χ2v) is 6.21. The zero-order chi connectivity index (χ0) is 17.0. The quantitative estimate of drug-likeness (QED) is 0.659. The van der Waals surface area contributed by atoms with Crippen molar-refractivity contribution in [3.63, 3.8) is 0 Å². The van der Waals surface area contributed by atoms with E-state index in [-0.39, 0.29) is 11.7 Å². The van der Waals surface area contributed by atoms with Crippen LogP contribution in [0.1, 0.15) is 63.6 Å². The highest BCUT2D eigenvalue weighted by molar-refractivity contribution is 5.71. The van der Waals surface area contributed by atoms with E-state index in [0.717, 1.165) is 29.7 Å². The lowest BCUT2D eigenvalue weighted by atomic mass is 9.95. The van der Waals surface area contributed by atoms with Crippen molar-refractivity contribution in [2.24, 2.45) is 0 Å². The van der Waals surface area contributed by atoms with Crippen LogP contribution in [-0.2, 0) is 0 Å². The minimum Gasteiger partial charge on any atom is -0.496 e. The van der Waals surface area contributed by atoms with Gasteiger partial charge in [0.05, 0.1) is 7.11 Å². The fourth-order valence-electron chi connectivity index (χ4n) is 2.92. The number of halogens is 1. The van der Waals surface area contributed by atoms with Crippen LogP contribution in [0.25, 0.3) is 11.1 Å². The van der Waals surface area contributed by atoms with Crippen LogP contribution in [-0.4, -0.2) is 12.1 Å². The SMILES string of the molecule is CCC(CC)c1ccc(-c2cc(C(C)C)c(F)cc2OC)cn1. The van der Waals surface area contributed by atoms with E-state index in [1.54, 1.807) is 7.11 Å². The van der Waals surface area contributed by atoms with Gasteiger partial charge in [0.2, 0.25) is 0 Å². The second-order valence-electron chi connectivity index (χ2n) is 6.21. The Morgan fingerprint density at radius 3 is 2.30 bits per heavy atom. The zero-order valence-electron chi connectivity index (χ0n) is 14.7.